The molecule has 3 nitrogen and oxygen atoms in total. The lowest BCUT2D eigenvalue weighted by atomic mass is 10.1. The number of hydrogen-bond acceptors (Lipinski definition) is 2. The Morgan fingerprint density at radius 2 is 1.64 bits per heavy atom. The standard InChI is InChI=1S/C19H20N2O/c1-3-18(14-11-16-7-5-4-6-8-16)20-21-19(22)17-12-9-15(2)10-13-17/h3-14,20H,1-2H3,(H,21,22). The average Bonchev–Trinajstić information content (AvgIpc) is 2.56. The third kappa shape index (κ3) is 4.63. The molecule has 0 bridgehead atoms. The molecule has 0 saturated heterocycles. The average molecular weight is 292 g/mol. The maximum atomic E-state index is 12.0. The van der Waals surface area contributed by atoms with Crippen LogP contribution in [0, 0.1) is 6.92 Å². The Morgan fingerprint density at radius 1 is 0.955 bits per heavy atom. The highest BCUT2D eigenvalue weighted by Crippen LogP contribution is 2.04. The third-order valence-corrected chi connectivity index (χ3v) is 3.20. The molecule has 0 atom stereocenters. The molecular formula is C19H20N2O. The van der Waals surface area contributed by atoms with Crippen LogP contribution in [0.5, 0.6) is 0 Å². The van der Waals surface area contributed by atoms with E-state index < -0.39 is 0 Å². The Bertz CT molecular complexity index is 670. The van der Waals surface area contributed by atoms with Crippen molar-refractivity contribution < 1.29 is 4.79 Å². The van der Waals surface area contributed by atoms with E-state index in [2.05, 4.69) is 10.9 Å². The van der Waals surface area contributed by atoms with Crippen LogP contribution in [0.4, 0.5) is 0 Å². The number of carbonyl (C=O) groups is 1. The summed E-state index contributed by atoms with van der Waals surface area (Å²) in [5.74, 6) is -0.160. The highest BCUT2D eigenvalue weighted by molar-refractivity contribution is 5.93. The van der Waals surface area contributed by atoms with Crippen molar-refractivity contribution in [1.29, 1.82) is 0 Å². The first-order valence-electron chi connectivity index (χ1n) is 7.21. The number of aryl methyl sites for hydroxylation is 1. The predicted octanol–water partition coefficient (Wildman–Crippen LogP) is 3.85. The molecule has 2 aromatic carbocycles. The van der Waals surface area contributed by atoms with Crippen molar-refractivity contribution >= 4 is 12.0 Å². The minimum absolute atomic E-state index is 0.160. The predicted molar refractivity (Wildman–Crippen MR) is 91.0 cm³/mol. The monoisotopic (exact) mass is 292 g/mol. The number of allylic oxidation sites excluding steroid dienone is 2. The van der Waals surface area contributed by atoms with E-state index in [-0.39, 0.29) is 5.91 Å². The van der Waals surface area contributed by atoms with E-state index in [0.717, 1.165) is 16.8 Å². The molecule has 0 saturated carbocycles. The lowest BCUT2D eigenvalue weighted by Crippen LogP contribution is -2.36. The van der Waals surface area contributed by atoms with Crippen LogP contribution in [0.15, 0.2) is 72.4 Å². The lowest BCUT2D eigenvalue weighted by Gasteiger charge is -2.09. The lowest BCUT2D eigenvalue weighted by molar-refractivity contribution is 0.0939. The second-order valence-corrected chi connectivity index (χ2v) is 4.93. The van der Waals surface area contributed by atoms with Crippen molar-refractivity contribution in [3.05, 3.63) is 89.1 Å². The van der Waals surface area contributed by atoms with Gasteiger partial charge in [-0.05, 0) is 37.6 Å². The normalized spacial score (nSPS) is 11.5. The first-order valence-corrected chi connectivity index (χ1v) is 7.21. The molecule has 0 spiro atoms. The molecular weight excluding hydrogens is 272 g/mol. The van der Waals surface area contributed by atoms with Gasteiger partial charge < -0.3 is 0 Å². The molecule has 1 amide bonds. The summed E-state index contributed by atoms with van der Waals surface area (Å²) in [4.78, 5) is 12.0. The van der Waals surface area contributed by atoms with E-state index in [1.54, 1.807) is 0 Å². The van der Waals surface area contributed by atoms with Crippen molar-refractivity contribution in [2.75, 3.05) is 0 Å². The van der Waals surface area contributed by atoms with E-state index in [1.807, 2.05) is 86.7 Å². The van der Waals surface area contributed by atoms with Gasteiger partial charge in [0.2, 0.25) is 0 Å². The minimum Gasteiger partial charge on any atom is -0.299 e. The van der Waals surface area contributed by atoms with E-state index in [9.17, 15) is 4.79 Å². The molecule has 0 unspecified atom stereocenters. The number of rotatable bonds is 5. The maximum absolute atomic E-state index is 12.0. The molecule has 0 heterocycles. The fourth-order valence-electron chi connectivity index (χ4n) is 1.87. The molecule has 3 heteroatoms. The van der Waals surface area contributed by atoms with Gasteiger partial charge in [0.25, 0.3) is 5.91 Å². The van der Waals surface area contributed by atoms with Crippen LogP contribution in [0.25, 0.3) is 6.08 Å². The first kappa shape index (κ1) is 15.6. The Hall–Kier alpha value is -2.81. The van der Waals surface area contributed by atoms with Crippen LogP contribution < -0.4 is 10.9 Å². The van der Waals surface area contributed by atoms with Crippen molar-refractivity contribution in [2.45, 2.75) is 13.8 Å². The van der Waals surface area contributed by atoms with E-state index in [4.69, 9.17) is 0 Å². The summed E-state index contributed by atoms with van der Waals surface area (Å²) in [5, 5.41) is 0. The molecule has 0 fully saturated rings. The van der Waals surface area contributed by atoms with Crippen LogP contribution in [0.1, 0.15) is 28.4 Å². The van der Waals surface area contributed by atoms with Gasteiger partial charge in [0.05, 0.1) is 0 Å². The number of amides is 1. The van der Waals surface area contributed by atoms with Gasteiger partial charge >= 0.3 is 0 Å². The largest absolute Gasteiger partial charge is 0.299 e. The molecule has 0 aliphatic heterocycles. The zero-order valence-electron chi connectivity index (χ0n) is 12.8. The molecule has 112 valence electrons. The Labute approximate surface area is 131 Å². The Kier molecular flexibility index (Phi) is 5.55. The van der Waals surface area contributed by atoms with Crippen molar-refractivity contribution in [1.82, 2.24) is 10.9 Å². The maximum Gasteiger partial charge on any atom is 0.269 e. The van der Waals surface area contributed by atoms with Gasteiger partial charge in [0.1, 0.15) is 0 Å². The molecule has 2 aromatic rings. The van der Waals surface area contributed by atoms with Crippen LogP contribution >= 0.6 is 0 Å². The topological polar surface area (TPSA) is 41.1 Å². The van der Waals surface area contributed by atoms with Gasteiger partial charge in [-0.15, -0.1) is 0 Å². The highest BCUT2D eigenvalue weighted by atomic mass is 16.2. The summed E-state index contributed by atoms with van der Waals surface area (Å²) in [6.45, 7) is 3.90. The van der Waals surface area contributed by atoms with Gasteiger partial charge in [-0.3, -0.25) is 15.6 Å². The van der Waals surface area contributed by atoms with Crippen molar-refractivity contribution in [2.24, 2.45) is 0 Å². The number of hydrazine groups is 1. The zero-order chi connectivity index (χ0) is 15.8. The summed E-state index contributed by atoms with van der Waals surface area (Å²) in [6.07, 6.45) is 5.81. The molecule has 0 aliphatic rings. The number of carbonyl (C=O) groups excluding carboxylic acids is 1. The number of hydrogen-bond donors (Lipinski definition) is 2. The fourth-order valence-corrected chi connectivity index (χ4v) is 1.87. The van der Waals surface area contributed by atoms with E-state index in [0.29, 0.717) is 5.56 Å². The van der Waals surface area contributed by atoms with E-state index >= 15 is 0 Å². The Morgan fingerprint density at radius 3 is 2.27 bits per heavy atom. The van der Waals surface area contributed by atoms with Gasteiger partial charge in [-0.2, -0.15) is 0 Å². The molecule has 22 heavy (non-hydrogen) atoms. The second kappa shape index (κ2) is 7.84. The zero-order valence-corrected chi connectivity index (χ0v) is 12.8. The van der Waals surface area contributed by atoms with Gasteiger partial charge in [-0.25, -0.2) is 0 Å². The Balaban J connectivity index is 1.92. The fraction of sp³-hybridized carbons (Fsp3) is 0.105. The summed E-state index contributed by atoms with van der Waals surface area (Å²) < 4.78 is 0. The SMILES string of the molecule is CC=C(C=Cc1ccccc1)NNC(=O)c1ccc(C)cc1. The van der Waals surface area contributed by atoms with Crippen LogP contribution in [-0.2, 0) is 0 Å². The second-order valence-electron chi connectivity index (χ2n) is 4.93. The third-order valence-electron chi connectivity index (χ3n) is 3.20. The van der Waals surface area contributed by atoms with Gasteiger partial charge in [0.15, 0.2) is 0 Å². The number of nitrogens with one attached hydrogen (secondary N) is 2. The summed E-state index contributed by atoms with van der Waals surface area (Å²) in [5.41, 5.74) is 9.31. The smallest absolute Gasteiger partial charge is 0.269 e. The molecule has 2 N–H and O–H groups in total. The minimum atomic E-state index is -0.160. The van der Waals surface area contributed by atoms with Crippen LogP contribution in [-0.4, -0.2) is 5.91 Å². The van der Waals surface area contributed by atoms with Gasteiger partial charge in [0, 0.05) is 11.3 Å². The van der Waals surface area contributed by atoms with Crippen LogP contribution in [0.3, 0.4) is 0 Å². The summed E-state index contributed by atoms with van der Waals surface area (Å²) in [7, 11) is 0. The van der Waals surface area contributed by atoms with Crippen molar-refractivity contribution in [3.63, 3.8) is 0 Å². The van der Waals surface area contributed by atoms with Gasteiger partial charge in [-0.1, -0.05) is 60.2 Å². The molecule has 0 aliphatic carbocycles. The summed E-state index contributed by atoms with van der Waals surface area (Å²) >= 11 is 0. The molecule has 0 radical (unpaired) electrons. The molecule has 0 aromatic heterocycles. The highest BCUT2D eigenvalue weighted by Gasteiger charge is 2.03. The quantitative estimate of drug-likeness (QED) is 0.649. The number of benzene rings is 2. The van der Waals surface area contributed by atoms with E-state index in [1.165, 1.54) is 0 Å². The van der Waals surface area contributed by atoms with Crippen LogP contribution in [0.2, 0.25) is 0 Å². The molecule has 2 rings (SSSR count). The first-order chi connectivity index (χ1) is 10.7. The van der Waals surface area contributed by atoms with Crippen molar-refractivity contribution in [3.8, 4) is 0 Å². The summed E-state index contributed by atoms with van der Waals surface area (Å²) in [6, 6.07) is 17.4.